The van der Waals surface area contributed by atoms with Crippen LogP contribution in [0.5, 0.6) is 0 Å². The average molecular weight is 507 g/mol. The molecule has 1 aromatic carbocycles. The molecule has 0 bridgehead atoms. The molecule has 0 amide bonds. The molecule has 0 saturated carbocycles. The molecule has 2 N–H and O–H groups in total. The molecule has 0 aliphatic heterocycles. The van der Waals surface area contributed by atoms with Gasteiger partial charge in [-0.1, -0.05) is 0 Å². The van der Waals surface area contributed by atoms with Crippen molar-refractivity contribution < 1.29 is 3.07 Å². The first kappa shape index (κ1) is 19.3. The second kappa shape index (κ2) is 10.1. The van der Waals surface area contributed by atoms with E-state index in [1.54, 1.807) is 8.93 Å². The van der Waals surface area contributed by atoms with Crippen molar-refractivity contribution in [3.8, 4) is 0 Å². The van der Waals surface area contributed by atoms with Gasteiger partial charge >= 0.3 is 129 Å². The summed E-state index contributed by atoms with van der Waals surface area (Å²) in [6.45, 7) is 4.21. The number of nitrogens with two attached hydrogens (primary N) is 1. The van der Waals surface area contributed by atoms with Gasteiger partial charge in [-0.3, -0.25) is 0 Å². The third kappa shape index (κ3) is 5.74. The normalized spacial score (nSPS) is 14.1. The molecule has 2 atom stereocenters. The van der Waals surface area contributed by atoms with Crippen molar-refractivity contribution in [2.24, 2.45) is 5.73 Å². The molecule has 1 radical (unpaired) electrons. The first-order chi connectivity index (χ1) is 8.10. The Balaban J connectivity index is 0.00000289. The molecule has 0 saturated heterocycles. The fraction of sp³-hybridized carbons (Fsp3) is 0.500. The molecule has 18 heavy (non-hydrogen) atoms. The van der Waals surface area contributed by atoms with E-state index in [0.29, 0.717) is 5.44 Å². The third-order valence-corrected chi connectivity index (χ3v) is 10.7. The van der Waals surface area contributed by atoms with Crippen molar-refractivity contribution in [2.45, 2.75) is 36.7 Å². The summed E-state index contributed by atoms with van der Waals surface area (Å²) in [6.07, 6.45) is 1.06. The summed E-state index contributed by atoms with van der Waals surface area (Å²) < 4.78 is 7.62. The van der Waals surface area contributed by atoms with Gasteiger partial charge in [-0.15, -0.1) is 12.4 Å². The largest absolute Gasteiger partial charge is 0.147 e. The summed E-state index contributed by atoms with van der Waals surface area (Å²) in [6, 6.07) is 8.57. The maximum absolute atomic E-state index is 6.22. The van der Waals surface area contributed by atoms with Crippen LogP contribution in [0.2, 0.25) is 4.94 Å². The summed E-state index contributed by atoms with van der Waals surface area (Å²) in [5.74, 6) is 0. The number of hydrogen-bond donors (Lipinski definition) is 1. The summed E-state index contributed by atoms with van der Waals surface area (Å²) in [5.41, 5.74) is 7.61. The smallest absolute Gasteiger partial charge is 0.147 e. The number of halogens is 2. The maximum atomic E-state index is 6.22. The summed E-state index contributed by atoms with van der Waals surface area (Å²) in [7, 11) is 1.77. The molecule has 0 aromatic heterocycles. The Kier molecular flexibility index (Phi) is 10.8. The van der Waals surface area contributed by atoms with E-state index in [2.05, 4.69) is 57.3 Å². The summed E-state index contributed by atoms with van der Waals surface area (Å²) in [4.78, 5) is 2.29. The van der Waals surface area contributed by atoms with Crippen LogP contribution in [0.25, 0.3) is 0 Å². The van der Waals surface area contributed by atoms with E-state index in [1.807, 2.05) is 6.92 Å². The molecule has 1 rings (SSSR count). The van der Waals surface area contributed by atoms with Crippen molar-refractivity contribution in [1.82, 2.24) is 0 Å². The van der Waals surface area contributed by atoms with Gasteiger partial charge in [0.15, 0.2) is 0 Å². The first-order valence-electron chi connectivity index (χ1n) is 5.72. The topological polar surface area (TPSA) is 35.2 Å². The summed E-state index contributed by atoms with van der Waals surface area (Å²) in [5, 5.41) is 0. The van der Waals surface area contributed by atoms with E-state index in [0.717, 1.165) is 6.42 Å². The Hall–Kier alpha value is 1.31. The van der Waals surface area contributed by atoms with Gasteiger partial charge in [0.05, 0.1) is 0 Å². The second-order valence-corrected chi connectivity index (χ2v) is 11.6. The van der Waals surface area contributed by atoms with Crippen LogP contribution in [-0.4, -0.2) is 25.6 Å². The van der Waals surface area contributed by atoms with Gasteiger partial charge in [0.25, 0.3) is 0 Å². The fourth-order valence-corrected chi connectivity index (χ4v) is 11.2. The number of rotatable bonds is 6. The number of benzene rings is 1. The van der Waals surface area contributed by atoms with Gasteiger partial charge in [0, 0.05) is 0 Å². The Morgan fingerprint density at radius 2 is 2.06 bits per heavy atom. The van der Waals surface area contributed by atoms with Crippen LogP contribution < -0.4 is 9.31 Å². The minimum absolute atomic E-state index is 0. The molecule has 2 unspecified atom stereocenters. The average Bonchev–Trinajstić information content (AvgIpc) is 2.35. The van der Waals surface area contributed by atoms with Crippen LogP contribution in [-0.2, 0) is 3.07 Å². The van der Waals surface area contributed by atoms with Crippen molar-refractivity contribution >= 4 is 66.3 Å². The van der Waals surface area contributed by atoms with Crippen molar-refractivity contribution in [3.63, 3.8) is 0 Å². The maximum Gasteiger partial charge on any atom is -0.147 e. The van der Waals surface area contributed by atoms with Crippen LogP contribution in [0.1, 0.15) is 31.9 Å². The molecular weight excluding hydrogens is 487 g/mol. The Morgan fingerprint density at radius 3 is 2.56 bits per heavy atom. The Labute approximate surface area is 140 Å². The standard InChI is InChI=1S/C8H10N.C3H6IOS.CH3.ClH.Sn/c1-7(9)8-5-3-2-4-6-8;1-2-3(5)6-4;;;/h2-5,7H,9H2,1H3;3H,2H2,1H3;1H3;1H;/q;-1;;;+1. The Morgan fingerprint density at radius 1 is 1.44 bits per heavy atom. The van der Waals surface area contributed by atoms with Gasteiger partial charge in [0.2, 0.25) is 0 Å². The van der Waals surface area contributed by atoms with E-state index < -0.39 is 20.2 Å². The molecule has 0 spiro atoms. The van der Waals surface area contributed by atoms with Gasteiger partial charge in [-0.2, -0.15) is 0 Å². The van der Waals surface area contributed by atoms with Crippen LogP contribution in [0.3, 0.4) is 0 Å². The van der Waals surface area contributed by atoms with E-state index in [9.17, 15) is 0 Å². The van der Waals surface area contributed by atoms with E-state index in [1.165, 1.54) is 9.14 Å². The zero-order chi connectivity index (χ0) is 12.8. The van der Waals surface area contributed by atoms with Crippen LogP contribution in [0, 0.1) is 0 Å². The SMILES string of the molecule is CCC([O][Sn]([CH3])[c]1ccccc1C(C)N)SI.Cl. The summed E-state index contributed by atoms with van der Waals surface area (Å²) >= 11 is 0.368. The van der Waals surface area contributed by atoms with Gasteiger partial charge in [-0.25, -0.2) is 0 Å². The second-order valence-electron chi connectivity index (χ2n) is 3.98. The minimum Gasteiger partial charge on any atom is -0.147 e. The van der Waals surface area contributed by atoms with E-state index in [4.69, 9.17) is 8.81 Å². The molecule has 0 heterocycles. The van der Waals surface area contributed by atoms with Gasteiger partial charge < -0.3 is 0 Å². The van der Waals surface area contributed by atoms with E-state index >= 15 is 0 Å². The van der Waals surface area contributed by atoms with Crippen molar-refractivity contribution in [1.29, 1.82) is 0 Å². The molecule has 1 aromatic rings. The molecule has 103 valence electrons. The monoisotopic (exact) mass is 508 g/mol. The molecule has 6 heteroatoms. The molecule has 2 nitrogen and oxygen atoms in total. The quantitative estimate of drug-likeness (QED) is 0.362. The molecular formula is C12H20ClINOSSn. The van der Waals surface area contributed by atoms with Crippen LogP contribution in [0.15, 0.2) is 24.3 Å². The van der Waals surface area contributed by atoms with E-state index in [-0.39, 0.29) is 18.4 Å². The zero-order valence-corrected chi connectivity index (χ0v) is 17.5. The zero-order valence-electron chi connectivity index (χ0n) is 10.9. The van der Waals surface area contributed by atoms with Crippen molar-refractivity contribution in [2.75, 3.05) is 0 Å². The van der Waals surface area contributed by atoms with Crippen LogP contribution >= 0.6 is 42.5 Å². The fourth-order valence-electron chi connectivity index (χ4n) is 1.64. The molecule has 0 fully saturated rings. The Bertz CT molecular complexity index is 353. The van der Waals surface area contributed by atoms with Crippen LogP contribution in [0.4, 0.5) is 0 Å². The first-order valence-corrected chi connectivity index (χ1v) is 14.6. The number of hydrogen-bond acceptors (Lipinski definition) is 3. The molecule has 0 aliphatic carbocycles. The van der Waals surface area contributed by atoms with Gasteiger partial charge in [0.1, 0.15) is 0 Å². The van der Waals surface area contributed by atoms with Gasteiger partial charge in [-0.05, 0) is 0 Å². The minimum atomic E-state index is -1.95. The predicted molar refractivity (Wildman–Crippen MR) is 94.3 cm³/mol. The molecule has 0 aliphatic rings. The van der Waals surface area contributed by atoms with Crippen molar-refractivity contribution in [3.05, 3.63) is 29.8 Å². The predicted octanol–water partition coefficient (Wildman–Crippen LogP) is 3.79. The third-order valence-electron chi connectivity index (χ3n) is 2.57.